The lowest BCUT2D eigenvalue weighted by atomic mass is 10.0. The van der Waals surface area contributed by atoms with Crippen LogP contribution in [0.5, 0.6) is 0 Å². The molecule has 0 saturated heterocycles. The lowest BCUT2D eigenvalue weighted by molar-refractivity contribution is 0.0975. The number of fused-ring (bicyclic) bond motifs is 1. The van der Waals surface area contributed by atoms with Crippen LogP contribution in [0.1, 0.15) is 44.1 Å². The van der Waals surface area contributed by atoms with Gasteiger partial charge < -0.3 is 0 Å². The number of anilines is 1. The van der Waals surface area contributed by atoms with Crippen molar-refractivity contribution in [1.29, 1.82) is 0 Å². The molecule has 1 aliphatic carbocycles. The van der Waals surface area contributed by atoms with Crippen molar-refractivity contribution in [2.45, 2.75) is 26.2 Å². The number of carbonyl (C=O) groups excluding carboxylic acids is 2. The van der Waals surface area contributed by atoms with E-state index in [0.29, 0.717) is 22.0 Å². The number of benzene rings is 1. The molecule has 102 valence electrons. The molecule has 2 aromatic rings. The summed E-state index contributed by atoms with van der Waals surface area (Å²) in [4.78, 5) is 29.0. The van der Waals surface area contributed by atoms with Crippen LogP contribution in [0.4, 0.5) is 5.13 Å². The van der Waals surface area contributed by atoms with Crippen LogP contribution in [0, 0.1) is 6.92 Å². The fourth-order valence-electron chi connectivity index (χ4n) is 2.31. The van der Waals surface area contributed by atoms with E-state index in [1.54, 1.807) is 6.07 Å². The van der Waals surface area contributed by atoms with Gasteiger partial charge in [-0.2, -0.15) is 0 Å². The van der Waals surface area contributed by atoms with Gasteiger partial charge in [0, 0.05) is 12.0 Å². The SMILES string of the molecule is Cc1ccccc1C(=O)Nc1nc2c(s1)C(=O)CCC2. The minimum atomic E-state index is -0.179. The molecule has 0 fully saturated rings. The molecular formula is C15H14N2O2S. The Balaban J connectivity index is 1.84. The summed E-state index contributed by atoms with van der Waals surface area (Å²) in [7, 11) is 0. The van der Waals surface area contributed by atoms with Crippen LogP contribution in [0.3, 0.4) is 0 Å². The van der Waals surface area contributed by atoms with Crippen LogP contribution in [0.15, 0.2) is 24.3 Å². The third kappa shape index (κ3) is 2.36. The number of thiazole rings is 1. The number of hydrogen-bond donors (Lipinski definition) is 1. The van der Waals surface area contributed by atoms with Gasteiger partial charge in [-0.05, 0) is 31.4 Å². The highest BCUT2D eigenvalue weighted by Crippen LogP contribution is 2.29. The fraction of sp³-hybridized carbons (Fsp3) is 0.267. The standard InChI is InChI=1S/C15H14N2O2S/c1-9-5-2-3-6-10(9)14(19)17-15-16-11-7-4-8-12(18)13(11)20-15/h2-3,5-6H,4,7-8H2,1H3,(H,16,17,19). The van der Waals surface area contributed by atoms with Crippen LogP contribution in [0.25, 0.3) is 0 Å². The van der Waals surface area contributed by atoms with E-state index < -0.39 is 0 Å². The van der Waals surface area contributed by atoms with Crippen LogP contribution < -0.4 is 5.32 Å². The van der Waals surface area contributed by atoms with E-state index in [-0.39, 0.29) is 11.7 Å². The van der Waals surface area contributed by atoms with E-state index in [9.17, 15) is 9.59 Å². The average Bonchev–Trinajstić information content (AvgIpc) is 2.83. The highest BCUT2D eigenvalue weighted by molar-refractivity contribution is 7.17. The molecule has 1 amide bonds. The van der Waals surface area contributed by atoms with E-state index in [1.807, 2.05) is 25.1 Å². The zero-order valence-corrected chi connectivity index (χ0v) is 11.9. The van der Waals surface area contributed by atoms with Crippen LogP contribution in [-0.2, 0) is 6.42 Å². The number of rotatable bonds is 2. The molecule has 1 aliphatic rings. The minimum absolute atomic E-state index is 0.139. The molecule has 1 aromatic carbocycles. The van der Waals surface area contributed by atoms with Gasteiger partial charge in [0.2, 0.25) is 0 Å². The van der Waals surface area contributed by atoms with E-state index in [1.165, 1.54) is 11.3 Å². The largest absolute Gasteiger partial charge is 0.298 e. The summed E-state index contributed by atoms with van der Waals surface area (Å²) < 4.78 is 0. The van der Waals surface area contributed by atoms with Gasteiger partial charge in [-0.25, -0.2) is 4.98 Å². The van der Waals surface area contributed by atoms with Crippen LogP contribution >= 0.6 is 11.3 Å². The number of aryl methyl sites for hydroxylation is 2. The molecule has 0 bridgehead atoms. The molecule has 0 spiro atoms. The predicted octanol–water partition coefficient (Wildman–Crippen LogP) is 3.22. The Kier molecular flexibility index (Phi) is 3.36. The number of nitrogens with zero attached hydrogens (tertiary/aromatic N) is 1. The van der Waals surface area contributed by atoms with Gasteiger partial charge in [-0.3, -0.25) is 14.9 Å². The first kappa shape index (κ1) is 13.0. The molecule has 20 heavy (non-hydrogen) atoms. The molecule has 0 radical (unpaired) electrons. The van der Waals surface area contributed by atoms with Crippen molar-refractivity contribution in [3.63, 3.8) is 0 Å². The van der Waals surface area contributed by atoms with Gasteiger partial charge in [0.05, 0.1) is 10.6 Å². The molecule has 0 saturated carbocycles. The van der Waals surface area contributed by atoms with Crippen molar-refractivity contribution in [2.75, 3.05) is 5.32 Å². The van der Waals surface area contributed by atoms with Crippen molar-refractivity contribution in [2.24, 2.45) is 0 Å². The van der Waals surface area contributed by atoms with Gasteiger partial charge in [-0.15, -0.1) is 0 Å². The topological polar surface area (TPSA) is 59.1 Å². The number of hydrogen-bond acceptors (Lipinski definition) is 4. The Labute approximate surface area is 120 Å². The zero-order valence-electron chi connectivity index (χ0n) is 11.1. The first-order valence-corrected chi connectivity index (χ1v) is 7.36. The summed E-state index contributed by atoms with van der Waals surface area (Å²) in [6, 6.07) is 7.40. The molecule has 1 aromatic heterocycles. The Morgan fingerprint density at radius 1 is 1.30 bits per heavy atom. The summed E-state index contributed by atoms with van der Waals surface area (Å²) in [6.07, 6.45) is 2.25. The van der Waals surface area contributed by atoms with Crippen LogP contribution in [-0.4, -0.2) is 16.7 Å². The smallest absolute Gasteiger partial charge is 0.257 e. The van der Waals surface area contributed by atoms with Gasteiger partial charge in [-0.1, -0.05) is 29.5 Å². The Morgan fingerprint density at radius 2 is 2.10 bits per heavy atom. The van der Waals surface area contributed by atoms with Crippen molar-refractivity contribution in [1.82, 2.24) is 4.98 Å². The summed E-state index contributed by atoms with van der Waals surface area (Å²) >= 11 is 1.28. The number of ketones is 1. The molecule has 0 aliphatic heterocycles. The Bertz CT molecular complexity index is 691. The summed E-state index contributed by atoms with van der Waals surface area (Å²) in [5.74, 6) is -0.0400. The molecule has 1 N–H and O–H groups in total. The third-order valence-corrected chi connectivity index (χ3v) is 4.43. The lowest BCUT2D eigenvalue weighted by Gasteiger charge is -2.05. The number of Topliss-reactive ketones (excluding diaryl/α,β-unsaturated/α-hetero) is 1. The van der Waals surface area contributed by atoms with Crippen LogP contribution in [0.2, 0.25) is 0 Å². The number of carbonyl (C=O) groups is 2. The van der Waals surface area contributed by atoms with Gasteiger partial charge in [0.25, 0.3) is 5.91 Å². The zero-order chi connectivity index (χ0) is 14.1. The van der Waals surface area contributed by atoms with Crippen molar-refractivity contribution in [3.05, 3.63) is 46.0 Å². The van der Waals surface area contributed by atoms with E-state index in [0.717, 1.165) is 24.1 Å². The monoisotopic (exact) mass is 286 g/mol. The summed E-state index contributed by atoms with van der Waals surface area (Å²) in [6.45, 7) is 1.89. The fourth-order valence-corrected chi connectivity index (χ4v) is 3.29. The molecule has 0 atom stereocenters. The maximum atomic E-state index is 12.2. The second-order valence-corrected chi connectivity index (χ2v) is 5.84. The Morgan fingerprint density at radius 3 is 2.85 bits per heavy atom. The predicted molar refractivity (Wildman–Crippen MR) is 78.5 cm³/mol. The van der Waals surface area contributed by atoms with Crippen molar-refractivity contribution >= 4 is 28.2 Å². The van der Waals surface area contributed by atoms with Gasteiger partial charge in [0.15, 0.2) is 10.9 Å². The number of nitrogens with one attached hydrogen (secondary N) is 1. The normalized spacial score (nSPS) is 13.9. The molecule has 4 nitrogen and oxygen atoms in total. The lowest BCUT2D eigenvalue weighted by Crippen LogP contribution is -2.13. The average molecular weight is 286 g/mol. The quantitative estimate of drug-likeness (QED) is 0.922. The summed E-state index contributed by atoms with van der Waals surface area (Å²) in [5.41, 5.74) is 2.38. The highest BCUT2D eigenvalue weighted by Gasteiger charge is 2.23. The number of aromatic nitrogens is 1. The third-order valence-electron chi connectivity index (χ3n) is 3.38. The molecule has 5 heteroatoms. The van der Waals surface area contributed by atoms with Gasteiger partial charge in [0.1, 0.15) is 0 Å². The molecule has 0 unspecified atom stereocenters. The maximum Gasteiger partial charge on any atom is 0.257 e. The first-order valence-electron chi connectivity index (χ1n) is 6.55. The molecular weight excluding hydrogens is 272 g/mol. The Hall–Kier alpha value is -2.01. The second kappa shape index (κ2) is 5.17. The van der Waals surface area contributed by atoms with Gasteiger partial charge >= 0.3 is 0 Å². The van der Waals surface area contributed by atoms with Crippen molar-refractivity contribution in [3.8, 4) is 0 Å². The molecule has 3 rings (SSSR count). The maximum absolute atomic E-state index is 12.2. The molecule has 1 heterocycles. The van der Waals surface area contributed by atoms with E-state index in [2.05, 4.69) is 10.3 Å². The van der Waals surface area contributed by atoms with E-state index >= 15 is 0 Å². The first-order chi connectivity index (χ1) is 9.65. The summed E-state index contributed by atoms with van der Waals surface area (Å²) in [5, 5.41) is 3.31. The van der Waals surface area contributed by atoms with Crippen molar-refractivity contribution < 1.29 is 9.59 Å². The number of amides is 1. The second-order valence-electron chi connectivity index (χ2n) is 4.84. The highest BCUT2D eigenvalue weighted by atomic mass is 32.1. The van der Waals surface area contributed by atoms with E-state index in [4.69, 9.17) is 0 Å². The minimum Gasteiger partial charge on any atom is -0.298 e.